The van der Waals surface area contributed by atoms with E-state index in [9.17, 15) is 0 Å². The van der Waals surface area contributed by atoms with Gasteiger partial charge in [-0.3, -0.25) is 0 Å². The molecule has 0 spiro atoms. The van der Waals surface area contributed by atoms with Crippen LogP contribution in [-0.2, 0) is 0 Å². The molecule has 7 nitrogen and oxygen atoms in total. The molecule has 1 aromatic heterocycles. The first kappa shape index (κ1) is 15.5. The van der Waals surface area contributed by atoms with Gasteiger partial charge in [-0.05, 0) is 65.4 Å². The first-order valence-corrected chi connectivity index (χ1v) is 7.47. The van der Waals surface area contributed by atoms with Gasteiger partial charge in [-0.2, -0.15) is 5.26 Å². The van der Waals surface area contributed by atoms with Gasteiger partial charge in [0.2, 0.25) is 0 Å². The van der Waals surface area contributed by atoms with E-state index in [1.54, 1.807) is 35.3 Å². The molecule has 0 atom stereocenters. The lowest BCUT2D eigenvalue weighted by molar-refractivity contribution is 0.333. The Morgan fingerprint density at radius 2 is 2.04 bits per heavy atom. The van der Waals surface area contributed by atoms with Crippen LogP contribution in [0.15, 0.2) is 48.8 Å². The van der Waals surface area contributed by atoms with E-state index in [1.807, 2.05) is 25.1 Å². The van der Waals surface area contributed by atoms with Gasteiger partial charge >= 0.3 is 0 Å². The van der Waals surface area contributed by atoms with Gasteiger partial charge in [0.25, 0.3) is 0 Å². The molecule has 1 heterocycles. The second-order valence-electron chi connectivity index (χ2n) is 5.17. The monoisotopic (exact) mass is 320 g/mol. The fourth-order valence-electron chi connectivity index (χ4n) is 2.28. The van der Waals surface area contributed by atoms with E-state index in [2.05, 4.69) is 26.9 Å². The maximum atomic E-state index is 8.76. The van der Waals surface area contributed by atoms with E-state index < -0.39 is 0 Å². The number of nitrogens with zero attached hydrogens (tertiary/aromatic N) is 5. The van der Waals surface area contributed by atoms with Gasteiger partial charge in [0.1, 0.15) is 18.7 Å². The molecule has 3 aromatic rings. The highest BCUT2D eigenvalue weighted by Gasteiger charge is 2.03. The van der Waals surface area contributed by atoms with Crippen LogP contribution in [0.4, 0.5) is 5.69 Å². The van der Waals surface area contributed by atoms with Crippen LogP contribution in [0.2, 0.25) is 0 Å². The summed E-state index contributed by atoms with van der Waals surface area (Å²) in [7, 11) is 0. The number of benzene rings is 2. The van der Waals surface area contributed by atoms with Crippen LogP contribution < -0.4 is 10.1 Å². The zero-order valence-electron chi connectivity index (χ0n) is 13.2. The number of nitriles is 1. The summed E-state index contributed by atoms with van der Waals surface area (Å²) in [5, 5.41) is 23.3. The number of anilines is 1. The number of hydrogen-bond donors (Lipinski definition) is 1. The number of rotatable bonds is 6. The highest BCUT2D eigenvalue weighted by molar-refractivity contribution is 5.53. The summed E-state index contributed by atoms with van der Waals surface area (Å²) in [6.45, 7) is 3.21. The van der Waals surface area contributed by atoms with Gasteiger partial charge in [0.05, 0.1) is 17.3 Å². The van der Waals surface area contributed by atoms with Crippen LogP contribution >= 0.6 is 0 Å². The molecule has 24 heavy (non-hydrogen) atoms. The van der Waals surface area contributed by atoms with Gasteiger partial charge in [-0.15, -0.1) is 5.10 Å². The minimum atomic E-state index is 0.527. The summed E-state index contributed by atoms with van der Waals surface area (Å²) in [4.78, 5) is 0. The van der Waals surface area contributed by atoms with Gasteiger partial charge in [0.15, 0.2) is 0 Å². The smallest absolute Gasteiger partial charge is 0.143 e. The van der Waals surface area contributed by atoms with Crippen molar-refractivity contribution < 1.29 is 4.74 Å². The van der Waals surface area contributed by atoms with Crippen molar-refractivity contribution >= 4 is 5.69 Å². The van der Waals surface area contributed by atoms with Gasteiger partial charge in [-0.25, -0.2) is 4.68 Å². The van der Waals surface area contributed by atoms with Gasteiger partial charge in [-0.1, -0.05) is 0 Å². The zero-order valence-corrected chi connectivity index (χ0v) is 13.2. The third kappa shape index (κ3) is 3.67. The third-order valence-corrected chi connectivity index (χ3v) is 3.48. The maximum Gasteiger partial charge on any atom is 0.143 e. The second kappa shape index (κ2) is 7.24. The molecule has 0 aliphatic rings. The maximum absolute atomic E-state index is 8.76. The van der Waals surface area contributed by atoms with Crippen molar-refractivity contribution in [2.75, 3.05) is 18.5 Å². The van der Waals surface area contributed by atoms with Gasteiger partial charge < -0.3 is 10.1 Å². The predicted octanol–water partition coefficient (Wildman–Crippen LogP) is 2.33. The molecule has 1 N–H and O–H groups in total. The zero-order chi connectivity index (χ0) is 16.8. The van der Waals surface area contributed by atoms with Crippen LogP contribution in [0.5, 0.6) is 5.75 Å². The number of hydrogen-bond acceptors (Lipinski definition) is 6. The fourth-order valence-corrected chi connectivity index (χ4v) is 2.28. The lowest BCUT2D eigenvalue weighted by atomic mass is 10.2. The molecule has 120 valence electrons. The van der Waals surface area contributed by atoms with Crippen LogP contribution in [0, 0.1) is 18.3 Å². The highest BCUT2D eigenvalue weighted by atomic mass is 16.5. The predicted molar refractivity (Wildman–Crippen MR) is 89.0 cm³/mol. The molecule has 0 saturated carbocycles. The average Bonchev–Trinajstić information content (AvgIpc) is 3.14. The Kier molecular flexibility index (Phi) is 4.68. The number of ether oxygens (including phenoxy) is 1. The van der Waals surface area contributed by atoms with E-state index >= 15 is 0 Å². The normalized spacial score (nSPS) is 10.2. The largest absolute Gasteiger partial charge is 0.492 e. The molecule has 0 bridgehead atoms. The number of aryl methyl sites for hydroxylation is 1. The average molecular weight is 320 g/mol. The Labute approximate surface area is 139 Å². The van der Waals surface area contributed by atoms with E-state index in [0.717, 1.165) is 22.7 Å². The highest BCUT2D eigenvalue weighted by Crippen LogP contribution is 2.17. The van der Waals surface area contributed by atoms with Crippen molar-refractivity contribution in [3.8, 4) is 17.5 Å². The van der Waals surface area contributed by atoms with Crippen molar-refractivity contribution in [1.82, 2.24) is 20.2 Å². The van der Waals surface area contributed by atoms with E-state index in [-0.39, 0.29) is 0 Å². The Hall–Kier alpha value is -3.40. The van der Waals surface area contributed by atoms with Crippen molar-refractivity contribution in [3.05, 3.63) is 59.9 Å². The Morgan fingerprint density at radius 1 is 1.21 bits per heavy atom. The standard InChI is InChI=1S/C17H16N6O/c1-13-10-15(4-7-17(13)23-12-20-21-22-23)19-8-9-24-16-5-2-14(11-18)3-6-16/h2-7,10,12,19H,8-9H2,1H3. The quantitative estimate of drug-likeness (QED) is 0.701. The minimum Gasteiger partial charge on any atom is -0.492 e. The molecule has 0 aliphatic heterocycles. The summed E-state index contributed by atoms with van der Waals surface area (Å²) in [6, 6.07) is 15.1. The Balaban J connectivity index is 1.51. The SMILES string of the molecule is Cc1cc(NCCOc2ccc(C#N)cc2)ccc1-n1cnnn1. The van der Waals surface area contributed by atoms with E-state index in [4.69, 9.17) is 10.00 Å². The Morgan fingerprint density at radius 3 is 2.71 bits per heavy atom. The molecule has 0 saturated heterocycles. The summed E-state index contributed by atoms with van der Waals surface area (Å²) in [5.74, 6) is 0.751. The van der Waals surface area contributed by atoms with E-state index in [1.165, 1.54) is 0 Å². The molecular weight excluding hydrogens is 304 g/mol. The lowest BCUT2D eigenvalue weighted by Crippen LogP contribution is -2.11. The lowest BCUT2D eigenvalue weighted by Gasteiger charge is -2.11. The third-order valence-electron chi connectivity index (χ3n) is 3.48. The molecule has 0 unspecified atom stereocenters. The fraction of sp³-hybridized carbons (Fsp3) is 0.176. The van der Waals surface area contributed by atoms with Crippen molar-refractivity contribution in [1.29, 1.82) is 5.26 Å². The topological polar surface area (TPSA) is 88.6 Å². The van der Waals surface area contributed by atoms with E-state index in [0.29, 0.717) is 18.7 Å². The van der Waals surface area contributed by atoms with Crippen LogP contribution in [0.1, 0.15) is 11.1 Å². The molecular formula is C17H16N6O. The number of aromatic nitrogens is 4. The molecule has 2 aromatic carbocycles. The van der Waals surface area contributed by atoms with Gasteiger partial charge in [0, 0.05) is 12.2 Å². The number of tetrazole rings is 1. The van der Waals surface area contributed by atoms with Crippen LogP contribution in [0.25, 0.3) is 5.69 Å². The first-order chi connectivity index (χ1) is 11.8. The molecule has 0 amide bonds. The minimum absolute atomic E-state index is 0.527. The van der Waals surface area contributed by atoms with Crippen LogP contribution in [0.3, 0.4) is 0 Å². The first-order valence-electron chi connectivity index (χ1n) is 7.47. The molecule has 7 heteroatoms. The summed E-state index contributed by atoms with van der Waals surface area (Å²) in [6.07, 6.45) is 1.57. The Bertz CT molecular complexity index is 837. The molecule has 0 radical (unpaired) electrons. The van der Waals surface area contributed by atoms with Crippen LogP contribution in [-0.4, -0.2) is 33.4 Å². The molecule has 0 aliphatic carbocycles. The van der Waals surface area contributed by atoms with Crippen molar-refractivity contribution in [2.24, 2.45) is 0 Å². The number of nitrogens with one attached hydrogen (secondary N) is 1. The molecule has 0 fully saturated rings. The van der Waals surface area contributed by atoms with Crippen molar-refractivity contribution in [3.63, 3.8) is 0 Å². The summed E-state index contributed by atoms with van der Waals surface area (Å²) >= 11 is 0. The van der Waals surface area contributed by atoms with Crippen molar-refractivity contribution in [2.45, 2.75) is 6.92 Å². The summed E-state index contributed by atoms with van der Waals surface area (Å²) < 4.78 is 7.27. The second-order valence-corrected chi connectivity index (χ2v) is 5.17. The summed E-state index contributed by atoms with van der Waals surface area (Å²) in [5.41, 5.74) is 3.64. The molecule has 3 rings (SSSR count).